The van der Waals surface area contributed by atoms with Gasteiger partial charge in [0.1, 0.15) is 0 Å². The van der Waals surface area contributed by atoms with Crippen molar-refractivity contribution in [3.05, 3.63) is 0 Å². The maximum absolute atomic E-state index is 11.1. The number of carbonyl (C=O) groups excluding carboxylic acids is 1. The fraction of sp³-hybridized carbons (Fsp3) is 0.750. The first-order chi connectivity index (χ1) is 5.72. The Bertz CT molecular complexity index is 205. The monoisotopic (exact) mass is 167 g/mol. The van der Waals surface area contributed by atoms with Crippen LogP contribution in [-0.2, 0) is 4.79 Å². The number of hydrogen-bond acceptors (Lipinski definition) is 3. The maximum atomic E-state index is 11.1. The van der Waals surface area contributed by atoms with Crippen LogP contribution < -0.4 is 5.32 Å². The number of hydrogen-bond donors (Lipinski definition) is 1. The Morgan fingerprint density at radius 2 is 2.42 bits per heavy atom. The standard InChI is InChI=1S/C8H13N3O/c1-11(5-4-9)6-8(12)10-7-2-3-7/h7H,2-3,5-6H2,1H3,(H,10,12). The van der Waals surface area contributed by atoms with E-state index in [-0.39, 0.29) is 5.91 Å². The molecule has 4 nitrogen and oxygen atoms in total. The molecule has 0 unspecified atom stereocenters. The molecule has 0 heterocycles. The van der Waals surface area contributed by atoms with Crippen LogP contribution in [0.4, 0.5) is 0 Å². The van der Waals surface area contributed by atoms with Crippen molar-refractivity contribution in [3.8, 4) is 6.07 Å². The number of carbonyl (C=O) groups is 1. The highest BCUT2D eigenvalue weighted by Gasteiger charge is 2.23. The molecule has 4 heteroatoms. The molecule has 1 aliphatic carbocycles. The van der Waals surface area contributed by atoms with Crippen LogP contribution in [0.3, 0.4) is 0 Å². The van der Waals surface area contributed by atoms with Crippen molar-refractivity contribution >= 4 is 5.91 Å². The van der Waals surface area contributed by atoms with Crippen molar-refractivity contribution in [2.24, 2.45) is 0 Å². The lowest BCUT2D eigenvalue weighted by atomic mass is 10.5. The molecule has 0 atom stereocenters. The molecule has 0 radical (unpaired) electrons. The molecule has 1 N–H and O–H groups in total. The van der Waals surface area contributed by atoms with E-state index in [9.17, 15) is 4.79 Å². The van der Waals surface area contributed by atoms with Gasteiger partial charge in [-0.15, -0.1) is 0 Å². The van der Waals surface area contributed by atoms with Gasteiger partial charge in [-0.05, 0) is 19.9 Å². The Morgan fingerprint density at radius 3 is 2.92 bits per heavy atom. The first kappa shape index (κ1) is 9.01. The molecule has 0 spiro atoms. The van der Waals surface area contributed by atoms with E-state index in [1.807, 2.05) is 6.07 Å². The third kappa shape index (κ3) is 3.35. The molecule has 1 fully saturated rings. The summed E-state index contributed by atoms with van der Waals surface area (Å²) in [6, 6.07) is 2.40. The van der Waals surface area contributed by atoms with Crippen LogP contribution in [0.25, 0.3) is 0 Å². The highest BCUT2D eigenvalue weighted by molar-refractivity contribution is 5.78. The van der Waals surface area contributed by atoms with E-state index in [0.29, 0.717) is 19.1 Å². The summed E-state index contributed by atoms with van der Waals surface area (Å²) < 4.78 is 0. The Kier molecular flexibility index (Phi) is 3.06. The Morgan fingerprint density at radius 1 is 1.75 bits per heavy atom. The zero-order valence-electron chi connectivity index (χ0n) is 7.21. The van der Waals surface area contributed by atoms with E-state index >= 15 is 0 Å². The van der Waals surface area contributed by atoms with Crippen molar-refractivity contribution in [3.63, 3.8) is 0 Å². The van der Waals surface area contributed by atoms with Gasteiger partial charge in [0.05, 0.1) is 19.2 Å². The van der Waals surface area contributed by atoms with Gasteiger partial charge in [0, 0.05) is 6.04 Å². The van der Waals surface area contributed by atoms with Crippen LogP contribution >= 0.6 is 0 Å². The van der Waals surface area contributed by atoms with Crippen molar-refractivity contribution in [1.29, 1.82) is 5.26 Å². The minimum absolute atomic E-state index is 0.0234. The molecular weight excluding hydrogens is 154 g/mol. The zero-order chi connectivity index (χ0) is 8.97. The minimum Gasteiger partial charge on any atom is -0.352 e. The summed E-state index contributed by atoms with van der Waals surface area (Å²) in [5.41, 5.74) is 0. The topological polar surface area (TPSA) is 56.1 Å². The van der Waals surface area contributed by atoms with Crippen molar-refractivity contribution < 1.29 is 4.79 Å². The number of amides is 1. The van der Waals surface area contributed by atoms with E-state index in [2.05, 4.69) is 5.32 Å². The fourth-order valence-corrected chi connectivity index (χ4v) is 0.923. The molecule has 66 valence electrons. The Balaban J connectivity index is 2.11. The zero-order valence-corrected chi connectivity index (χ0v) is 7.21. The SMILES string of the molecule is CN(CC#N)CC(=O)NC1CC1. The number of likely N-dealkylation sites (N-methyl/N-ethyl adjacent to an activating group) is 1. The van der Waals surface area contributed by atoms with Gasteiger partial charge in [-0.3, -0.25) is 9.69 Å². The lowest BCUT2D eigenvalue weighted by Gasteiger charge is -2.11. The van der Waals surface area contributed by atoms with Crippen LogP contribution in [0.1, 0.15) is 12.8 Å². The summed E-state index contributed by atoms with van der Waals surface area (Å²) >= 11 is 0. The summed E-state index contributed by atoms with van der Waals surface area (Å²) in [5, 5.41) is 11.2. The van der Waals surface area contributed by atoms with Gasteiger partial charge < -0.3 is 5.32 Å². The van der Waals surface area contributed by atoms with E-state index < -0.39 is 0 Å². The van der Waals surface area contributed by atoms with Gasteiger partial charge >= 0.3 is 0 Å². The molecule has 1 rings (SSSR count). The molecule has 0 bridgehead atoms. The largest absolute Gasteiger partial charge is 0.352 e. The third-order valence-corrected chi connectivity index (χ3v) is 1.70. The molecule has 0 aromatic carbocycles. The van der Waals surface area contributed by atoms with Crippen molar-refractivity contribution in [2.75, 3.05) is 20.1 Å². The molecule has 0 aliphatic heterocycles. The highest BCUT2D eigenvalue weighted by atomic mass is 16.2. The first-order valence-electron chi connectivity index (χ1n) is 4.07. The smallest absolute Gasteiger partial charge is 0.234 e. The summed E-state index contributed by atoms with van der Waals surface area (Å²) in [6.07, 6.45) is 2.21. The van der Waals surface area contributed by atoms with E-state index in [4.69, 9.17) is 5.26 Å². The van der Waals surface area contributed by atoms with Gasteiger partial charge in [-0.1, -0.05) is 0 Å². The first-order valence-corrected chi connectivity index (χ1v) is 4.07. The molecule has 12 heavy (non-hydrogen) atoms. The van der Waals surface area contributed by atoms with Crippen LogP contribution in [0, 0.1) is 11.3 Å². The highest BCUT2D eigenvalue weighted by Crippen LogP contribution is 2.18. The number of nitrogens with zero attached hydrogens (tertiary/aromatic N) is 2. The predicted molar refractivity (Wildman–Crippen MR) is 44.3 cm³/mol. The van der Waals surface area contributed by atoms with Crippen LogP contribution in [-0.4, -0.2) is 37.0 Å². The van der Waals surface area contributed by atoms with Gasteiger partial charge in [-0.2, -0.15) is 5.26 Å². The van der Waals surface area contributed by atoms with Crippen molar-refractivity contribution in [1.82, 2.24) is 10.2 Å². The Hall–Kier alpha value is -1.08. The Labute approximate surface area is 72.2 Å². The number of nitriles is 1. The third-order valence-electron chi connectivity index (χ3n) is 1.70. The van der Waals surface area contributed by atoms with Gasteiger partial charge in [0.25, 0.3) is 0 Å². The summed E-state index contributed by atoms with van der Waals surface area (Å²) in [4.78, 5) is 12.8. The molecule has 1 amide bonds. The molecule has 0 saturated heterocycles. The fourth-order valence-electron chi connectivity index (χ4n) is 0.923. The molecule has 1 aliphatic rings. The second-order valence-electron chi connectivity index (χ2n) is 3.17. The quantitative estimate of drug-likeness (QED) is 0.586. The molecule has 0 aromatic heterocycles. The lowest BCUT2D eigenvalue weighted by molar-refractivity contribution is -0.121. The number of rotatable bonds is 4. The van der Waals surface area contributed by atoms with Crippen LogP contribution in [0.2, 0.25) is 0 Å². The molecular formula is C8H13N3O. The van der Waals surface area contributed by atoms with Gasteiger partial charge in [-0.25, -0.2) is 0 Å². The minimum atomic E-state index is 0.0234. The summed E-state index contributed by atoms with van der Waals surface area (Å²) in [5.74, 6) is 0.0234. The predicted octanol–water partition coefficient (Wildman–Crippen LogP) is -0.280. The summed E-state index contributed by atoms with van der Waals surface area (Å²) in [6.45, 7) is 0.627. The van der Waals surface area contributed by atoms with Gasteiger partial charge in [0.2, 0.25) is 5.91 Å². The van der Waals surface area contributed by atoms with E-state index in [0.717, 1.165) is 12.8 Å². The number of nitrogens with one attached hydrogen (secondary N) is 1. The second-order valence-corrected chi connectivity index (χ2v) is 3.17. The van der Waals surface area contributed by atoms with Crippen LogP contribution in [0.15, 0.2) is 0 Å². The molecule has 0 aromatic rings. The summed E-state index contributed by atoms with van der Waals surface area (Å²) in [7, 11) is 1.76. The average Bonchev–Trinajstić information content (AvgIpc) is 2.71. The average molecular weight is 167 g/mol. The lowest BCUT2D eigenvalue weighted by Crippen LogP contribution is -2.36. The van der Waals surface area contributed by atoms with E-state index in [1.54, 1.807) is 11.9 Å². The second kappa shape index (κ2) is 4.07. The molecule has 1 saturated carbocycles. The maximum Gasteiger partial charge on any atom is 0.234 e. The van der Waals surface area contributed by atoms with Crippen molar-refractivity contribution in [2.45, 2.75) is 18.9 Å². The van der Waals surface area contributed by atoms with Gasteiger partial charge in [0.15, 0.2) is 0 Å². The normalized spacial score (nSPS) is 15.8. The van der Waals surface area contributed by atoms with E-state index in [1.165, 1.54) is 0 Å². The van der Waals surface area contributed by atoms with Crippen LogP contribution in [0.5, 0.6) is 0 Å².